The van der Waals surface area contributed by atoms with Crippen LogP contribution < -0.4 is 0 Å². The average molecular weight is 260 g/mol. The van der Waals surface area contributed by atoms with Gasteiger partial charge in [-0.2, -0.15) is 0 Å². The van der Waals surface area contributed by atoms with E-state index < -0.39 is 5.97 Å². The van der Waals surface area contributed by atoms with Crippen LogP contribution in [0.4, 0.5) is 0 Å². The van der Waals surface area contributed by atoms with Gasteiger partial charge in [-0.05, 0) is 19.3 Å². The number of esters is 1. The Balaban J connectivity index is 0. The predicted molar refractivity (Wildman–Crippen MR) is 72.5 cm³/mol. The van der Waals surface area contributed by atoms with Crippen LogP contribution in [0.2, 0.25) is 0 Å². The van der Waals surface area contributed by atoms with Crippen LogP contribution in [0.3, 0.4) is 0 Å². The molecule has 0 spiro atoms. The third-order valence-electron chi connectivity index (χ3n) is 2.55. The van der Waals surface area contributed by atoms with E-state index in [1.54, 1.807) is 0 Å². The van der Waals surface area contributed by atoms with Crippen molar-refractivity contribution in [3.05, 3.63) is 0 Å². The number of aliphatic carboxylic acids is 1. The quantitative estimate of drug-likeness (QED) is 0.534. The minimum absolute atomic E-state index is 0.111. The van der Waals surface area contributed by atoms with Crippen LogP contribution in [0.5, 0.6) is 0 Å². The lowest BCUT2D eigenvalue weighted by molar-refractivity contribution is -0.142. The van der Waals surface area contributed by atoms with Gasteiger partial charge in [0.15, 0.2) is 0 Å². The number of hydrogen-bond donors (Lipinski definition) is 1. The minimum Gasteiger partial charge on any atom is -0.481 e. The minimum atomic E-state index is -0.643. The number of carbonyl (C=O) groups excluding carboxylic acids is 1. The van der Waals surface area contributed by atoms with Gasteiger partial charge >= 0.3 is 11.9 Å². The van der Waals surface area contributed by atoms with Gasteiger partial charge in [0.1, 0.15) is 0 Å². The van der Waals surface area contributed by atoms with Crippen LogP contribution in [0.15, 0.2) is 0 Å². The van der Waals surface area contributed by atoms with Crippen molar-refractivity contribution < 1.29 is 19.4 Å². The first-order valence-corrected chi connectivity index (χ1v) is 6.85. The maximum atomic E-state index is 10.4. The molecule has 108 valence electrons. The lowest BCUT2D eigenvalue weighted by atomic mass is 10.00. The first kappa shape index (κ1) is 19.3. The average Bonchev–Trinajstić information content (AvgIpc) is 2.30. The van der Waals surface area contributed by atoms with Crippen molar-refractivity contribution in [3.63, 3.8) is 0 Å². The van der Waals surface area contributed by atoms with Gasteiger partial charge in [-0.1, -0.05) is 40.0 Å². The van der Waals surface area contributed by atoms with E-state index in [1.165, 1.54) is 6.92 Å². The van der Waals surface area contributed by atoms with Crippen LogP contribution in [-0.2, 0) is 14.3 Å². The van der Waals surface area contributed by atoms with Crippen LogP contribution in [0.25, 0.3) is 0 Å². The van der Waals surface area contributed by atoms with Crippen molar-refractivity contribution in [2.75, 3.05) is 6.61 Å². The zero-order valence-corrected chi connectivity index (χ0v) is 12.2. The SMILES string of the molecule is CCCCC(CC)C(=O)O.CCCCOC(C)=O. The first-order chi connectivity index (χ1) is 8.49. The summed E-state index contributed by atoms with van der Waals surface area (Å²) in [6.45, 7) is 8.06. The van der Waals surface area contributed by atoms with Crippen molar-refractivity contribution >= 4 is 11.9 Å². The number of carbonyl (C=O) groups is 2. The summed E-state index contributed by atoms with van der Waals surface area (Å²) in [6.07, 6.45) is 5.76. The molecule has 1 N–H and O–H groups in total. The second-order valence-electron chi connectivity index (χ2n) is 4.28. The molecule has 0 heterocycles. The highest BCUT2D eigenvalue weighted by molar-refractivity contribution is 5.69. The summed E-state index contributed by atoms with van der Waals surface area (Å²) < 4.78 is 4.64. The van der Waals surface area contributed by atoms with Gasteiger partial charge in [-0.25, -0.2) is 0 Å². The number of ether oxygens (including phenoxy) is 1. The zero-order valence-electron chi connectivity index (χ0n) is 12.2. The fraction of sp³-hybridized carbons (Fsp3) is 0.857. The fourth-order valence-corrected chi connectivity index (χ4v) is 1.31. The molecule has 4 heteroatoms. The summed E-state index contributed by atoms with van der Waals surface area (Å²) >= 11 is 0. The van der Waals surface area contributed by atoms with Gasteiger partial charge in [0.25, 0.3) is 0 Å². The summed E-state index contributed by atoms with van der Waals surface area (Å²) in [7, 11) is 0. The maximum Gasteiger partial charge on any atom is 0.306 e. The Kier molecular flexibility index (Phi) is 15.0. The van der Waals surface area contributed by atoms with Crippen LogP contribution in [0, 0.1) is 5.92 Å². The van der Waals surface area contributed by atoms with Gasteiger partial charge < -0.3 is 9.84 Å². The maximum absolute atomic E-state index is 10.4. The number of hydrogen-bond acceptors (Lipinski definition) is 3. The van der Waals surface area contributed by atoms with Crippen molar-refractivity contribution in [2.45, 2.75) is 66.2 Å². The topological polar surface area (TPSA) is 63.6 Å². The summed E-state index contributed by atoms with van der Waals surface area (Å²) in [4.78, 5) is 20.5. The third-order valence-corrected chi connectivity index (χ3v) is 2.55. The van der Waals surface area contributed by atoms with Crippen LogP contribution in [0.1, 0.15) is 66.2 Å². The number of rotatable bonds is 8. The highest BCUT2D eigenvalue weighted by Crippen LogP contribution is 2.11. The van der Waals surface area contributed by atoms with Crippen LogP contribution in [-0.4, -0.2) is 23.7 Å². The molecule has 0 aromatic carbocycles. The molecule has 0 bridgehead atoms. The molecule has 1 unspecified atom stereocenters. The molecular weight excluding hydrogens is 232 g/mol. The van der Waals surface area contributed by atoms with E-state index in [9.17, 15) is 9.59 Å². The van der Waals surface area contributed by atoms with E-state index >= 15 is 0 Å². The summed E-state index contributed by atoms with van der Waals surface area (Å²) in [5.74, 6) is -0.936. The van der Waals surface area contributed by atoms with E-state index in [0.717, 1.165) is 38.5 Å². The van der Waals surface area contributed by atoms with E-state index in [1.807, 2.05) is 6.92 Å². The Bertz CT molecular complexity index is 214. The molecule has 0 aliphatic heterocycles. The van der Waals surface area contributed by atoms with Crippen molar-refractivity contribution in [1.29, 1.82) is 0 Å². The van der Waals surface area contributed by atoms with Gasteiger partial charge in [0, 0.05) is 6.92 Å². The Morgan fingerprint density at radius 3 is 2.00 bits per heavy atom. The smallest absolute Gasteiger partial charge is 0.306 e. The molecule has 0 aromatic heterocycles. The largest absolute Gasteiger partial charge is 0.481 e. The lowest BCUT2D eigenvalue weighted by Gasteiger charge is -2.06. The van der Waals surface area contributed by atoms with Gasteiger partial charge in [-0.3, -0.25) is 9.59 Å². The fourth-order valence-electron chi connectivity index (χ4n) is 1.31. The number of carboxylic acids is 1. The lowest BCUT2D eigenvalue weighted by Crippen LogP contribution is -2.11. The Morgan fingerprint density at radius 1 is 1.11 bits per heavy atom. The van der Waals surface area contributed by atoms with Gasteiger partial charge in [0.2, 0.25) is 0 Å². The van der Waals surface area contributed by atoms with Gasteiger partial charge in [0.05, 0.1) is 12.5 Å². The molecule has 0 aliphatic carbocycles. The first-order valence-electron chi connectivity index (χ1n) is 6.85. The molecule has 0 aromatic rings. The molecule has 0 fully saturated rings. The summed E-state index contributed by atoms with van der Waals surface area (Å²) in [5, 5.41) is 8.60. The Morgan fingerprint density at radius 2 is 1.67 bits per heavy atom. The molecule has 18 heavy (non-hydrogen) atoms. The van der Waals surface area contributed by atoms with Crippen molar-refractivity contribution in [2.24, 2.45) is 5.92 Å². The number of carboxylic acid groups (broad SMARTS) is 1. The zero-order chi connectivity index (χ0) is 14.4. The molecule has 0 saturated carbocycles. The Labute approximate surface area is 111 Å². The monoisotopic (exact) mass is 260 g/mol. The third kappa shape index (κ3) is 14.9. The van der Waals surface area contributed by atoms with E-state index in [4.69, 9.17) is 5.11 Å². The van der Waals surface area contributed by atoms with Gasteiger partial charge in [-0.15, -0.1) is 0 Å². The summed E-state index contributed by atoms with van der Waals surface area (Å²) in [6, 6.07) is 0. The molecule has 0 aliphatic rings. The van der Waals surface area contributed by atoms with E-state index in [-0.39, 0.29) is 11.9 Å². The molecular formula is C14H28O4. The molecule has 0 amide bonds. The predicted octanol–water partition coefficient (Wildman–Crippen LogP) is 3.64. The second kappa shape index (κ2) is 14.0. The molecule has 4 nitrogen and oxygen atoms in total. The second-order valence-corrected chi connectivity index (χ2v) is 4.28. The van der Waals surface area contributed by atoms with E-state index in [2.05, 4.69) is 18.6 Å². The Hall–Kier alpha value is -1.06. The van der Waals surface area contributed by atoms with Crippen molar-refractivity contribution in [3.8, 4) is 0 Å². The van der Waals surface area contributed by atoms with E-state index in [0.29, 0.717) is 6.61 Å². The highest BCUT2D eigenvalue weighted by Gasteiger charge is 2.12. The number of unbranched alkanes of at least 4 members (excludes halogenated alkanes) is 2. The summed E-state index contributed by atoms with van der Waals surface area (Å²) in [5.41, 5.74) is 0. The van der Waals surface area contributed by atoms with Crippen molar-refractivity contribution in [1.82, 2.24) is 0 Å². The standard InChI is InChI=1S/C8H16O2.C6H12O2/c1-3-5-6-7(4-2)8(9)10;1-3-4-5-8-6(2)7/h7H,3-6H2,1-2H3,(H,9,10);3-5H2,1-2H3. The molecule has 0 radical (unpaired) electrons. The molecule has 0 rings (SSSR count). The molecule has 1 atom stereocenters. The normalized spacial score (nSPS) is 11.1. The molecule has 0 saturated heterocycles. The highest BCUT2D eigenvalue weighted by atomic mass is 16.5. The van der Waals surface area contributed by atoms with Crippen LogP contribution >= 0.6 is 0 Å².